The molecule has 0 aromatic heterocycles. The Morgan fingerprint density at radius 2 is 1.80 bits per heavy atom. The van der Waals surface area contributed by atoms with Crippen LogP contribution in [0.5, 0.6) is 17.2 Å². The van der Waals surface area contributed by atoms with Gasteiger partial charge >= 0.3 is 0 Å². The number of hydrogen-bond acceptors (Lipinski definition) is 5. The van der Waals surface area contributed by atoms with Crippen molar-refractivity contribution in [3.05, 3.63) is 47.0 Å². The van der Waals surface area contributed by atoms with Gasteiger partial charge in [-0.2, -0.15) is 0 Å². The van der Waals surface area contributed by atoms with Crippen LogP contribution in [-0.2, 0) is 6.54 Å². The van der Waals surface area contributed by atoms with Crippen LogP contribution in [0.2, 0.25) is 5.02 Å². The third-order valence-corrected chi connectivity index (χ3v) is 5.38. The van der Waals surface area contributed by atoms with E-state index in [1.54, 1.807) is 28.4 Å². The first-order chi connectivity index (χ1) is 14.6. The summed E-state index contributed by atoms with van der Waals surface area (Å²) in [6.07, 6.45) is 0.993. The number of guanidine groups is 1. The lowest BCUT2D eigenvalue weighted by Gasteiger charge is -2.22. The molecule has 1 atom stereocenters. The zero-order chi connectivity index (χ0) is 21.5. The minimum atomic E-state index is 0.269. The maximum atomic E-state index is 6.19. The van der Waals surface area contributed by atoms with Crippen LogP contribution >= 0.6 is 11.6 Å². The highest BCUT2D eigenvalue weighted by molar-refractivity contribution is 6.30. The van der Waals surface area contributed by atoms with Crippen LogP contribution in [0.15, 0.2) is 41.4 Å². The number of nitrogens with one attached hydrogen (secondary N) is 2. The van der Waals surface area contributed by atoms with Gasteiger partial charge in [-0.3, -0.25) is 4.99 Å². The highest BCUT2D eigenvalue weighted by Crippen LogP contribution is 2.33. The molecule has 30 heavy (non-hydrogen) atoms. The van der Waals surface area contributed by atoms with Crippen molar-refractivity contribution in [2.24, 2.45) is 4.99 Å². The molecule has 1 unspecified atom stereocenters. The largest absolute Gasteiger partial charge is 0.495 e. The zero-order valence-electron chi connectivity index (χ0n) is 17.9. The molecule has 8 heteroatoms. The molecule has 3 rings (SSSR count). The van der Waals surface area contributed by atoms with E-state index < -0.39 is 0 Å². The first-order valence-electron chi connectivity index (χ1n) is 9.84. The SMILES string of the molecule is CN=C(NCc1ccc(OC)c(OC)c1)NC1CCN(c2cc(Cl)ccc2OC)C1. The fraction of sp³-hybridized carbons (Fsp3) is 0.409. The molecule has 1 fully saturated rings. The van der Waals surface area contributed by atoms with Gasteiger partial charge in [0.05, 0.1) is 27.0 Å². The summed E-state index contributed by atoms with van der Waals surface area (Å²) in [5.74, 6) is 3.01. The molecular formula is C22H29ClN4O3. The van der Waals surface area contributed by atoms with Gasteiger partial charge in [0.2, 0.25) is 0 Å². The number of ether oxygens (including phenoxy) is 3. The number of benzene rings is 2. The quantitative estimate of drug-likeness (QED) is 0.517. The number of anilines is 1. The molecule has 1 saturated heterocycles. The number of methoxy groups -OCH3 is 3. The van der Waals surface area contributed by atoms with E-state index in [9.17, 15) is 0 Å². The second-order valence-electron chi connectivity index (χ2n) is 7.01. The first kappa shape index (κ1) is 21.9. The Balaban J connectivity index is 1.58. The first-order valence-corrected chi connectivity index (χ1v) is 10.2. The highest BCUT2D eigenvalue weighted by atomic mass is 35.5. The summed E-state index contributed by atoms with van der Waals surface area (Å²) in [4.78, 5) is 6.64. The molecule has 1 aliphatic rings. The summed E-state index contributed by atoms with van der Waals surface area (Å²) in [5, 5.41) is 7.58. The van der Waals surface area contributed by atoms with Gasteiger partial charge in [-0.25, -0.2) is 0 Å². The van der Waals surface area contributed by atoms with Crippen molar-refractivity contribution in [2.75, 3.05) is 46.4 Å². The molecule has 2 aromatic carbocycles. The second-order valence-corrected chi connectivity index (χ2v) is 7.44. The van der Waals surface area contributed by atoms with Crippen LogP contribution in [0.3, 0.4) is 0 Å². The van der Waals surface area contributed by atoms with Gasteiger partial charge < -0.3 is 29.7 Å². The summed E-state index contributed by atoms with van der Waals surface area (Å²) in [5.41, 5.74) is 2.09. The van der Waals surface area contributed by atoms with Gasteiger partial charge in [0, 0.05) is 37.7 Å². The maximum absolute atomic E-state index is 6.19. The van der Waals surface area contributed by atoms with Gasteiger partial charge in [0.1, 0.15) is 5.75 Å². The van der Waals surface area contributed by atoms with Crippen molar-refractivity contribution < 1.29 is 14.2 Å². The van der Waals surface area contributed by atoms with Crippen LogP contribution in [0.4, 0.5) is 5.69 Å². The van der Waals surface area contributed by atoms with Gasteiger partial charge in [-0.1, -0.05) is 17.7 Å². The van der Waals surface area contributed by atoms with Crippen molar-refractivity contribution in [3.8, 4) is 17.2 Å². The van der Waals surface area contributed by atoms with Gasteiger partial charge in [0.15, 0.2) is 17.5 Å². The molecular weight excluding hydrogens is 404 g/mol. The Hall–Kier alpha value is -2.80. The van der Waals surface area contributed by atoms with Crippen LogP contribution < -0.4 is 29.7 Å². The molecule has 2 N–H and O–H groups in total. The van der Waals surface area contributed by atoms with Crippen LogP contribution in [0.1, 0.15) is 12.0 Å². The normalized spacial score (nSPS) is 16.4. The van der Waals surface area contributed by atoms with Gasteiger partial charge in [0.25, 0.3) is 0 Å². The van der Waals surface area contributed by atoms with Crippen molar-refractivity contribution in [1.82, 2.24) is 10.6 Å². The maximum Gasteiger partial charge on any atom is 0.191 e. The summed E-state index contributed by atoms with van der Waals surface area (Å²) >= 11 is 6.19. The lowest BCUT2D eigenvalue weighted by molar-refractivity contribution is 0.354. The molecule has 1 aliphatic heterocycles. The number of halogens is 1. The number of rotatable bonds is 7. The van der Waals surface area contributed by atoms with Crippen LogP contribution in [0, 0.1) is 0 Å². The van der Waals surface area contributed by atoms with Gasteiger partial charge in [-0.05, 0) is 42.3 Å². The molecule has 0 spiro atoms. The molecule has 162 valence electrons. The molecule has 2 aromatic rings. The number of hydrogen-bond donors (Lipinski definition) is 2. The standard InChI is InChI=1S/C22H29ClN4O3/c1-24-22(25-13-15-5-7-20(29-3)21(11-15)30-4)26-17-9-10-27(14-17)18-12-16(23)6-8-19(18)28-2/h5-8,11-12,17H,9-10,13-14H2,1-4H3,(H2,24,25,26). The van der Waals surface area contributed by atoms with E-state index in [1.807, 2.05) is 36.4 Å². The summed E-state index contributed by atoms with van der Waals surface area (Å²) in [6, 6.07) is 11.8. The van der Waals surface area contributed by atoms with E-state index in [1.165, 1.54) is 0 Å². The molecule has 7 nitrogen and oxygen atoms in total. The molecule has 1 heterocycles. The average Bonchev–Trinajstić information content (AvgIpc) is 3.24. The Kier molecular flexibility index (Phi) is 7.52. The Morgan fingerprint density at radius 3 is 2.50 bits per heavy atom. The van der Waals surface area contributed by atoms with Crippen LogP contribution in [-0.4, -0.2) is 53.5 Å². The fourth-order valence-electron chi connectivity index (χ4n) is 3.57. The van der Waals surface area contributed by atoms with Crippen LogP contribution in [0.25, 0.3) is 0 Å². The smallest absolute Gasteiger partial charge is 0.191 e. The predicted molar refractivity (Wildman–Crippen MR) is 122 cm³/mol. The summed E-state index contributed by atoms with van der Waals surface area (Å²) in [7, 11) is 6.72. The Bertz CT molecular complexity index is 891. The minimum absolute atomic E-state index is 0.269. The van der Waals surface area contributed by atoms with Crippen molar-refractivity contribution in [2.45, 2.75) is 19.0 Å². The average molecular weight is 433 g/mol. The molecule has 0 aliphatic carbocycles. The topological polar surface area (TPSA) is 67.4 Å². The third-order valence-electron chi connectivity index (χ3n) is 5.14. The summed E-state index contributed by atoms with van der Waals surface area (Å²) < 4.78 is 16.2. The van der Waals surface area contributed by atoms with E-state index in [2.05, 4.69) is 20.5 Å². The van der Waals surface area contributed by atoms with E-state index >= 15 is 0 Å². The summed E-state index contributed by atoms with van der Waals surface area (Å²) in [6.45, 7) is 2.38. The predicted octanol–water partition coefficient (Wildman–Crippen LogP) is 3.31. The molecule has 0 amide bonds. The lowest BCUT2D eigenvalue weighted by Crippen LogP contribution is -2.44. The van der Waals surface area contributed by atoms with Crippen molar-refractivity contribution in [3.63, 3.8) is 0 Å². The molecule has 0 radical (unpaired) electrons. The van der Waals surface area contributed by atoms with E-state index in [0.29, 0.717) is 23.1 Å². The number of aliphatic imine (C=N–C) groups is 1. The van der Waals surface area contributed by atoms with Gasteiger partial charge in [-0.15, -0.1) is 0 Å². The van der Waals surface area contributed by atoms with E-state index in [-0.39, 0.29) is 6.04 Å². The second kappa shape index (κ2) is 10.3. The van der Waals surface area contributed by atoms with E-state index in [0.717, 1.165) is 42.5 Å². The number of nitrogens with zero attached hydrogens (tertiary/aromatic N) is 2. The van der Waals surface area contributed by atoms with Crippen molar-refractivity contribution >= 4 is 23.2 Å². The monoisotopic (exact) mass is 432 g/mol. The minimum Gasteiger partial charge on any atom is -0.495 e. The third kappa shape index (κ3) is 5.21. The highest BCUT2D eigenvalue weighted by Gasteiger charge is 2.25. The Labute approximate surface area is 183 Å². The fourth-order valence-corrected chi connectivity index (χ4v) is 3.74. The molecule has 0 bridgehead atoms. The zero-order valence-corrected chi connectivity index (χ0v) is 18.6. The lowest BCUT2D eigenvalue weighted by atomic mass is 10.2. The van der Waals surface area contributed by atoms with Crippen molar-refractivity contribution in [1.29, 1.82) is 0 Å². The van der Waals surface area contributed by atoms with E-state index in [4.69, 9.17) is 25.8 Å². The molecule has 0 saturated carbocycles. The Morgan fingerprint density at radius 1 is 1.07 bits per heavy atom.